The van der Waals surface area contributed by atoms with Crippen LogP contribution >= 0.6 is 23.4 Å². The number of fused-ring (bicyclic) bond motifs is 1. The number of benzene rings is 2. The first-order valence-corrected chi connectivity index (χ1v) is 9.84. The van der Waals surface area contributed by atoms with Crippen molar-refractivity contribution in [1.82, 2.24) is 14.7 Å². The van der Waals surface area contributed by atoms with Gasteiger partial charge in [-0.3, -0.25) is 9.36 Å². The Labute approximate surface area is 170 Å². The molecule has 0 atom stereocenters. The van der Waals surface area contributed by atoms with E-state index in [9.17, 15) is 4.79 Å². The van der Waals surface area contributed by atoms with Gasteiger partial charge in [0.2, 0.25) is 0 Å². The maximum atomic E-state index is 13.3. The van der Waals surface area contributed by atoms with Crippen molar-refractivity contribution in [2.75, 3.05) is 7.11 Å². The Morgan fingerprint density at radius 3 is 2.79 bits per heavy atom. The van der Waals surface area contributed by atoms with Crippen LogP contribution < -0.4 is 10.3 Å². The summed E-state index contributed by atoms with van der Waals surface area (Å²) in [6.07, 6.45) is 0. The van der Waals surface area contributed by atoms with Gasteiger partial charge in [-0.05, 0) is 37.3 Å². The Hall–Kier alpha value is -2.77. The highest BCUT2D eigenvalue weighted by atomic mass is 35.5. The molecule has 8 heteroatoms. The molecule has 28 heavy (non-hydrogen) atoms. The zero-order valence-corrected chi connectivity index (χ0v) is 16.8. The highest BCUT2D eigenvalue weighted by Gasteiger charge is 2.17. The molecule has 4 aromatic rings. The van der Waals surface area contributed by atoms with E-state index >= 15 is 0 Å². The fourth-order valence-electron chi connectivity index (χ4n) is 2.89. The summed E-state index contributed by atoms with van der Waals surface area (Å²) in [4.78, 5) is 18.0. The second-order valence-electron chi connectivity index (χ2n) is 6.09. The standard InChI is InChI=1S/C20H16ClN3O3S/c1-12-9-14(23-27-12)11-28-20-22-16-10-13(21)7-8-15(16)19(25)24(20)17-5-3-4-6-18(17)26-2/h3-10H,11H2,1-2H3. The Morgan fingerprint density at radius 2 is 2.04 bits per heavy atom. The van der Waals surface area contributed by atoms with Crippen LogP contribution in [0, 0.1) is 6.92 Å². The molecule has 0 radical (unpaired) electrons. The van der Waals surface area contributed by atoms with Crippen LogP contribution in [0.1, 0.15) is 11.5 Å². The number of methoxy groups -OCH3 is 1. The summed E-state index contributed by atoms with van der Waals surface area (Å²) in [6.45, 7) is 1.84. The van der Waals surface area contributed by atoms with Crippen molar-refractivity contribution in [1.29, 1.82) is 0 Å². The molecule has 2 heterocycles. The molecule has 2 aromatic carbocycles. The number of aryl methyl sites for hydroxylation is 1. The van der Waals surface area contributed by atoms with E-state index in [4.69, 9.17) is 25.8 Å². The van der Waals surface area contributed by atoms with E-state index in [2.05, 4.69) is 5.16 Å². The molecule has 0 aliphatic heterocycles. The fraction of sp³-hybridized carbons (Fsp3) is 0.150. The van der Waals surface area contributed by atoms with Gasteiger partial charge in [-0.2, -0.15) is 0 Å². The number of ether oxygens (including phenoxy) is 1. The van der Waals surface area contributed by atoms with Gasteiger partial charge in [0.25, 0.3) is 5.56 Å². The SMILES string of the molecule is COc1ccccc1-n1c(SCc2cc(C)on2)nc2cc(Cl)ccc2c1=O. The van der Waals surface area contributed by atoms with Gasteiger partial charge < -0.3 is 9.26 Å². The van der Waals surface area contributed by atoms with Gasteiger partial charge in [-0.1, -0.05) is 40.7 Å². The summed E-state index contributed by atoms with van der Waals surface area (Å²) in [5.41, 5.74) is 1.75. The molecule has 0 aliphatic rings. The molecular weight excluding hydrogens is 398 g/mol. The second kappa shape index (κ2) is 7.69. The van der Waals surface area contributed by atoms with E-state index in [1.807, 2.05) is 37.3 Å². The summed E-state index contributed by atoms with van der Waals surface area (Å²) in [5.74, 6) is 1.82. The Kier molecular flexibility index (Phi) is 5.11. The summed E-state index contributed by atoms with van der Waals surface area (Å²) < 4.78 is 12.1. The zero-order chi connectivity index (χ0) is 19.7. The number of rotatable bonds is 5. The molecule has 0 aliphatic carbocycles. The molecule has 0 saturated heterocycles. The number of hydrogen-bond donors (Lipinski definition) is 0. The first-order valence-electron chi connectivity index (χ1n) is 8.47. The van der Waals surface area contributed by atoms with Crippen molar-refractivity contribution < 1.29 is 9.26 Å². The number of nitrogens with zero attached hydrogens (tertiary/aromatic N) is 3. The number of aromatic nitrogens is 3. The molecule has 6 nitrogen and oxygen atoms in total. The van der Waals surface area contributed by atoms with Crippen molar-refractivity contribution in [3.05, 3.63) is 75.4 Å². The minimum absolute atomic E-state index is 0.190. The Balaban J connectivity index is 1.90. The smallest absolute Gasteiger partial charge is 0.266 e. The van der Waals surface area contributed by atoms with Crippen LogP contribution in [0.5, 0.6) is 5.75 Å². The van der Waals surface area contributed by atoms with Gasteiger partial charge in [-0.25, -0.2) is 4.98 Å². The summed E-state index contributed by atoms with van der Waals surface area (Å²) >= 11 is 7.50. The predicted octanol–water partition coefficient (Wildman–Crippen LogP) is 4.64. The van der Waals surface area contributed by atoms with Crippen molar-refractivity contribution >= 4 is 34.3 Å². The van der Waals surface area contributed by atoms with Crippen LogP contribution in [0.4, 0.5) is 0 Å². The van der Waals surface area contributed by atoms with Gasteiger partial charge in [0.05, 0.1) is 29.4 Å². The van der Waals surface area contributed by atoms with E-state index in [0.29, 0.717) is 38.3 Å². The van der Waals surface area contributed by atoms with Gasteiger partial charge in [0.1, 0.15) is 11.5 Å². The highest BCUT2D eigenvalue weighted by Crippen LogP contribution is 2.29. The van der Waals surface area contributed by atoms with E-state index < -0.39 is 0 Å². The molecule has 4 rings (SSSR count). The van der Waals surface area contributed by atoms with Crippen LogP contribution in [-0.4, -0.2) is 21.8 Å². The van der Waals surface area contributed by atoms with Crippen LogP contribution in [0.15, 0.2) is 63.0 Å². The molecule has 0 fully saturated rings. The number of hydrogen-bond acceptors (Lipinski definition) is 6. The third-order valence-electron chi connectivity index (χ3n) is 4.15. The maximum absolute atomic E-state index is 13.3. The average Bonchev–Trinajstić information content (AvgIpc) is 3.11. The van der Waals surface area contributed by atoms with E-state index in [-0.39, 0.29) is 5.56 Å². The predicted molar refractivity (Wildman–Crippen MR) is 110 cm³/mol. The largest absolute Gasteiger partial charge is 0.495 e. The third-order valence-corrected chi connectivity index (χ3v) is 5.36. The molecule has 0 bridgehead atoms. The van der Waals surface area contributed by atoms with Crippen LogP contribution in [0.2, 0.25) is 5.02 Å². The van der Waals surface area contributed by atoms with Gasteiger partial charge in [0, 0.05) is 16.8 Å². The van der Waals surface area contributed by atoms with Gasteiger partial charge in [-0.15, -0.1) is 0 Å². The van der Waals surface area contributed by atoms with Crippen molar-refractivity contribution in [3.8, 4) is 11.4 Å². The number of halogens is 1. The summed E-state index contributed by atoms with van der Waals surface area (Å²) in [7, 11) is 1.57. The summed E-state index contributed by atoms with van der Waals surface area (Å²) in [5, 5.41) is 5.54. The van der Waals surface area contributed by atoms with E-state index in [0.717, 1.165) is 11.5 Å². The Morgan fingerprint density at radius 1 is 1.21 bits per heavy atom. The lowest BCUT2D eigenvalue weighted by Gasteiger charge is -2.15. The lowest BCUT2D eigenvalue weighted by Crippen LogP contribution is -2.22. The monoisotopic (exact) mass is 413 g/mol. The fourth-order valence-corrected chi connectivity index (χ4v) is 3.94. The van der Waals surface area contributed by atoms with Crippen LogP contribution in [-0.2, 0) is 5.75 Å². The number of para-hydroxylation sites is 2. The summed E-state index contributed by atoms with van der Waals surface area (Å²) in [6, 6.07) is 14.3. The molecule has 2 aromatic heterocycles. The Bertz CT molecular complexity index is 1220. The third kappa shape index (κ3) is 3.50. The lowest BCUT2D eigenvalue weighted by atomic mass is 10.2. The second-order valence-corrected chi connectivity index (χ2v) is 7.46. The molecule has 142 valence electrons. The molecule has 0 unspecified atom stereocenters. The maximum Gasteiger partial charge on any atom is 0.266 e. The van der Waals surface area contributed by atoms with Crippen molar-refractivity contribution in [2.45, 2.75) is 17.8 Å². The average molecular weight is 414 g/mol. The van der Waals surface area contributed by atoms with Gasteiger partial charge in [0.15, 0.2) is 5.16 Å². The normalized spacial score (nSPS) is 11.1. The molecular formula is C20H16ClN3O3S. The van der Waals surface area contributed by atoms with Gasteiger partial charge >= 0.3 is 0 Å². The lowest BCUT2D eigenvalue weighted by molar-refractivity contribution is 0.393. The first-order chi connectivity index (χ1) is 13.6. The quantitative estimate of drug-likeness (QED) is 0.350. The van der Waals surface area contributed by atoms with Crippen molar-refractivity contribution in [3.63, 3.8) is 0 Å². The minimum Gasteiger partial charge on any atom is -0.495 e. The molecule has 0 saturated carbocycles. The first kappa shape index (κ1) is 18.6. The molecule has 0 N–H and O–H groups in total. The van der Waals surface area contributed by atoms with Crippen LogP contribution in [0.3, 0.4) is 0 Å². The topological polar surface area (TPSA) is 70.2 Å². The highest BCUT2D eigenvalue weighted by molar-refractivity contribution is 7.98. The molecule has 0 amide bonds. The zero-order valence-electron chi connectivity index (χ0n) is 15.2. The minimum atomic E-state index is -0.190. The molecule has 0 spiro atoms. The van der Waals surface area contributed by atoms with E-state index in [1.165, 1.54) is 11.8 Å². The van der Waals surface area contributed by atoms with E-state index in [1.54, 1.807) is 29.9 Å². The number of thioether (sulfide) groups is 1. The van der Waals surface area contributed by atoms with Crippen LogP contribution in [0.25, 0.3) is 16.6 Å². The van der Waals surface area contributed by atoms with Crippen molar-refractivity contribution in [2.24, 2.45) is 0 Å².